The van der Waals surface area contributed by atoms with Crippen molar-refractivity contribution in [1.82, 2.24) is 0 Å². The van der Waals surface area contributed by atoms with E-state index in [4.69, 9.17) is 35.3 Å². The largest absolute Gasteiger partial charge is 0.494 e. The molecule has 1 N–H and O–H groups in total. The van der Waals surface area contributed by atoms with Crippen LogP contribution in [0, 0.1) is 11.3 Å². The lowest BCUT2D eigenvalue weighted by atomic mass is 10.1. The van der Waals surface area contributed by atoms with Crippen molar-refractivity contribution in [2.45, 2.75) is 13.5 Å². The summed E-state index contributed by atoms with van der Waals surface area (Å²) in [5, 5.41) is 12.6. The van der Waals surface area contributed by atoms with Crippen LogP contribution in [0.25, 0.3) is 6.08 Å². The monoisotopic (exact) mass is 506 g/mol. The van der Waals surface area contributed by atoms with Gasteiger partial charge in [-0.3, -0.25) is 4.79 Å². The van der Waals surface area contributed by atoms with Gasteiger partial charge in [-0.1, -0.05) is 23.7 Å². The first kappa shape index (κ1) is 24.8. The number of amides is 1. The Morgan fingerprint density at radius 1 is 1.14 bits per heavy atom. The maximum absolute atomic E-state index is 12.7. The summed E-state index contributed by atoms with van der Waals surface area (Å²) in [6, 6.07) is 17.6. The van der Waals surface area contributed by atoms with Crippen LogP contribution in [0.15, 0.2) is 60.2 Å². The molecule has 0 spiro atoms. The van der Waals surface area contributed by atoms with Crippen LogP contribution in [0.1, 0.15) is 18.1 Å². The number of halogens is 1. The predicted octanol–water partition coefficient (Wildman–Crippen LogP) is 5.60. The Morgan fingerprint density at radius 2 is 1.97 bits per heavy atom. The van der Waals surface area contributed by atoms with Gasteiger partial charge in [-0.05, 0) is 60.5 Å². The van der Waals surface area contributed by atoms with Crippen molar-refractivity contribution in [2.24, 2.45) is 0 Å². The molecule has 1 aliphatic heterocycles. The van der Waals surface area contributed by atoms with Gasteiger partial charge in [0.2, 0.25) is 6.79 Å². The summed E-state index contributed by atoms with van der Waals surface area (Å²) in [6.45, 7) is 2.78. The van der Waals surface area contributed by atoms with Crippen LogP contribution in [0.4, 0.5) is 5.69 Å². The van der Waals surface area contributed by atoms with Gasteiger partial charge in [-0.25, -0.2) is 0 Å². The Morgan fingerprint density at radius 3 is 2.75 bits per heavy atom. The third-order valence-corrected chi connectivity index (χ3v) is 5.43. The minimum Gasteiger partial charge on any atom is -0.494 e. The molecule has 0 radical (unpaired) electrons. The van der Waals surface area contributed by atoms with Crippen LogP contribution in [-0.2, 0) is 11.4 Å². The van der Waals surface area contributed by atoms with Crippen LogP contribution in [0.2, 0.25) is 5.02 Å². The summed E-state index contributed by atoms with van der Waals surface area (Å²) in [4.78, 5) is 12.7. The molecule has 0 aromatic heterocycles. The number of rotatable bonds is 9. The first-order chi connectivity index (χ1) is 17.5. The van der Waals surface area contributed by atoms with E-state index in [1.165, 1.54) is 13.2 Å². The molecule has 9 heteroatoms. The molecular formula is C27H23ClN2O6. The van der Waals surface area contributed by atoms with Crippen molar-refractivity contribution >= 4 is 29.3 Å². The van der Waals surface area contributed by atoms with Crippen LogP contribution >= 0.6 is 11.6 Å². The summed E-state index contributed by atoms with van der Waals surface area (Å²) < 4.78 is 27.5. The van der Waals surface area contributed by atoms with E-state index in [9.17, 15) is 10.1 Å². The molecule has 1 amide bonds. The third kappa shape index (κ3) is 5.82. The van der Waals surface area contributed by atoms with Crippen molar-refractivity contribution in [2.75, 3.05) is 25.8 Å². The van der Waals surface area contributed by atoms with Gasteiger partial charge in [0, 0.05) is 11.8 Å². The fourth-order valence-corrected chi connectivity index (χ4v) is 3.77. The van der Waals surface area contributed by atoms with Crippen LogP contribution in [-0.4, -0.2) is 26.4 Å². The third-order valence-electron chi connectivity index (χ3n) is 5.15. The molecule has 0 saturated heterocycles. The number of hydrogen-bond donors (Lipinski definition) is 1. The number of nitriles is 1. The lowest BCUT2D eigenvalue weighted by molar-refractivity contribution is -0.112. The van der Waals surface area contributed by atoms with Gasteiger partial charge in [0.05, 0.1) is 18.7 Å². The van der Waals surface area contributed by atoms with Crippen LogP contribution < -0.4 is 29.0 Å². The van der Waals surface area contributed by atoms with Gasteiger partial charge < -0.3 is 29.0 Å². The second-order valence-electron chi connectivity index (χ2n) is 7.60. The molecule has 8 nitrogen and oxygen atoms in total. The number of carbonyl (C=O) groups is 1. The topological polar surface area (TPSA) is 99.0 Å². The summed E-state index contributed by atoms with van der Waals surface area (Å²) in [5.41, 5.74) is 1.76. The molecule has 4 rings (SSSR count). The fraction of sp³-hybridized carbons (Fsp3) is 0.185. The summed E-state index contributed by atoms with van der Waals surface area (Å²) in [6.07, 6.45) is 1.43. The highest BCUT2D eigenvalue weighted by Crippen LogP contribution is 2.38. The van der Waals surface area contributed by atoms with E-state index in [2.05, 4.69) is 5.32 Å². The maximum Gasteiger partial charge on any atom is 0.266 e. The van der Waals surface area contributed by atoms with E-state index in [1.54, 1.807) is 36.4 Å². The van der Waals surface area contributed by atoms with Gasteiger partial charge in [0.25, 0.3) is 5.91 Å². The number of nitrogens with one attached hydrogen (secondary N) is 1. The second-order valence-corrected chi connectivity index (χ2v) is 8.00. The number of benzene rings is 3. The minimum atomic E-state index is -0.565. The van der Waals surface area contributed by atoms with Crippen molar-refractivity contribution in [3.8, 4) is 34.8 Å². The van der Waals surface area contributed by atoms with E-state index in [0.717, 1.165) is 5.56 Å². The highest BCUT2D eigenvalue weighted by Gasteiger charge is 2.17. The number of nitrogens with zero attached hydrogens (tertiary/aromatic N) is 1. The van der Waals surface area contributed by atoms with E-state index in [1.807, 2.05) is 31.2 Å². The van der Waals surface area contributed by atoms with Crippen molar-refractivity contribution < 1.29 is 28.5 Å². The molecule has 3 aromatic carbocycles. The van der Waals surface area contributed by atoms with E-state index in [0.29, 0.717) is 46.6 Å². The smallest absolute Gasteiger partial charge is 0.266 e. The molecule has 184 valence electrons. The van der Waals surface area contributed by atoms with Crippen LogP contribution in [0.3, 0.4) is 0 Å². The van der Waals surface area contributed by atoms with Gasteiger partial charge in [0.1, 0.15) is 24.0 Å². The summed E-state index contributed by atoms with van der Waals surface area (Å²) in [7, 11) is 1.48. The quantitative estimate of drug-likeness (QED) is 0.298. The molecule has 0 unspecified atom stereocenters. The molecule has 3 aromatic rings. The lowest BCUT2D eigenvalue weighted by Gasteiger charge is -2.14. The number of hydrogen-bond acceptors (Lipinski definition) is 7. The SMILES string of the molecule is CCOc1cccc(NC(=O)/C(C#N)=C\c2cc(Cl)c(OCc3ccc4c(c3)OCO4)c(OC)c2)c1. The Labute approximate surface area is 213 Å². The summed E-state index contributed by atoms with van der Waals surface area (Å²) >= 11 is 6.48. The zero-order valence-electron chi connectivity index (χ0n) is 19.7. The molecular weight excluding hydrogens is 484 g/mol. The molecule has 36 heavy (non-hydrogen) atoms. The molecule has 0 aliphatic carbocycles. The summed E-state index contributed by atoms with van der Waals surface area (Å²) in [5.74, 6) is 2.09. The van der Waals surface area contributed by atoms with E-state index >= 15 is 0 Å². The normalized spacial score (nSPS) is 12.0. The van der Waals surface area contributed by atoms with Crippen LogP contribution in [0.5, 0.6) is 28.7 Å². The van der Waals surface area contributed by atoms with Crippen molar-refractivity contribution in [3.05, 3.63) is 76.3 Å². The zero-order chi connectivity index (χ0) is 25.5. The highest BCUT2D eigenvalue weighted by atomic mass is 35.5. The highest BCUT2D eigenvalue weighted by molar-refractivity contribution is 6.32. The minimum absolute atomic E-state index is 0.107. The fourth-order valence-electron chi connectivity index (χ4n) is 3.49. The Bertz CT molecular complexity index is 1350. The number of ether oxygens (including phenoxy) is 5. The standard InChI is InChI=1S/C27H23ClN2O6/c1-3-33-21-6-4-5-20(13-21)30-27(31)19(14-29)9-18-10-22(28)26(25(12-18)32-2)34-15-17-7-8-23-24(11-17)36-16-35-23/h4-13H,3,15-16H2,1-2H3,(H,30,31)/b19-9-. The Hall–Kier alpha value is -4.35. The number of carbonyl (C=O) groups excluding carboxylic acids is 1. The Balaban J connectivity index is 1.50. The van der Waals surface area contributed by atoms with Gasteiger partial charge >= 0.3 is 0 Å². The molecule has 0 fully saturated rings. The van der Waals surface area contributed by atoms with Gasteiger partial charge in [-0.15, -0.1) is 0 Å². The Kier molecular flexibility index (Phi) is 7.83. The first-order valence-electron chi connectivity index (χ1n) is 11.1. The average Bonchev–Trinajstić information content (AvgIpc) is 3.34. The molecule has 0 atom stereocenters. The number of methoxy groups -OCH3 is 1. The van der Waals surface area contributed by atoms with Crippen molar-refractivity contribution in [1.29, 1.82) is 5.26 Å². The molecule has 0 bridgehead atoms. The number of anilines is 1. The first-order valence-corrected chi connectivity index (χ1v) is 11.4. The average molecular weight is 507 g/mol. The molecule has 1 heterocycles. The number of fused-ring (bicyclic) bond motifs is 1. The van der Waals surface area contributed by atoms with Gasteiger partial charge in [-0.2, -0.15) is 5.26 Å². The van der Waals surface area contributed by atoms with E-state index in [-0.39, 0.29) is 24.0 Å². The zero-order valence-corrected chi connectivity index (χ0v) is 20.4. The van der Waals surface area contributed by atoms with Gasteiger partial charge in [0.15, 0.2) is 23.0 Å². The van der Waals surface area contributed by atoms with Crippen molar-refractivity contribution in [3.63, 3.8) is 0 Å². The molecule has 0 saturated carbocycles. The van der Waals surface area contributed by atoms with E-state index < -0.39 is 5.91 Å². The maximum atomic E-state index is 12.7. The molecule has 1 aliphatic rings. The second kappa shape index (κ2) is 11.4. The predicted molar refractivity (Wildman–Crippen MR) is 135 cm³/mol. The lowest BCUT2D eigenvalue weighted by Crippen LogP contribution is -2.13.